The number of hydrogen-bond donors (Lipinski definition) is 1. The van der Waals surface area contributed by atoms with Crippen LogP contribution < -0.4 is 9.91 Å². The molecule has 0 fully saturated rings. The highest BCUT2D eigenvalue weighted by molar-refractivity contribution is 5.80. The second-order valence-electron chi connectivity index (χ2n) is 6.82. The van der Waals surface area contributed by atoms with E-state index in [0.29, 0.717) is 17.6 Å². The average Bonchev–Trinajstić information content (AvgIpc) is 3.11. The van der Waals surface area contributed by atoms with Crippen molar-refractivity contribution in [3.8, 4) is 11.4 Å². The van der Waals surface area contributed by atoms with Crippen LogP contribution in [0.3, 0.4) is 0 Å². The molecular formula is C21H15F5N5+. The summed E-state index contributed by atoms with van der Waals surface area (Å²) in [5.41, 5.74) is -1.20. The van der Waals surface area contributed by atoms with Crippen LogP contribution in [0.5, 0.6) is 0 Å². The first-order valence-corrected chi connectivity index (χ1v) is 9.03. The normalized spacial score (nSPS) is 18.2. The number of nitrogens with zero attached hydrogens (tertiary/aromatic N) is 4. The SMILES string of the molecule is C[N+]1(c2ccc(F)cc2)N=CC=C1Nc1cc(-c2ncccn2)c(C(F)(F)F)cc1F. The number of benzene rings is 2. The summed E-state index contributed by atoms with van der Waals surface area (Å²) in [6.45, 7) is 0. The van der Waals surface area contributed by atoms with Crippen LogP contribution in [-0.2, 0) is 6.18 Å². The Hall–Kier alpha value is -3.66. The molecule has 1 aliphatic heterocycles. The van der Waals surface area contributed by atoms with E-state index in [2.05, 4.69) is 20.4 Å². The summed E-state index contributed by atoms with van der Waals surface area (Å²) < 4.78 is 68.4. The van der Waals surface area contributed by atoms with E-state index >= 15 is 0 Å². The number of halogens is 5. The molecular weight excluding hydrogens is 417 g/mol. The van der Waals surface area contributed by atoms with Gasteiger partial charge in [0.15, 0.2) is 11.5 Å². The number of anilines is 1. The lowest BCUT2D eigenvalue weighted by Gasteiger charge is -2.26. The zero-order valence-corrected chi connectivity index (χ0v) is 16.0. The van der Waals surface area contributed by atoms with Gasteiger partial charge in [-0.3, -0.25) is 0 Å². The maximum Gasteiger partial charge on any atom is 0.417 e. The fraction of sp³-hybridized carbons (Fsp3) is 0.0952. The van der Waals surface area contributed by atoms with Gasteiger partial charge in [0, 0.05) is 36.2 Å². The molecule has 0 saturated carbocycles. The lowest BCUT2D eigenvalue weighted by atomic mass is 10.0. The van der Waals surface area contributed by atoms with E-state index < -0.39 is 23.4 Å². The van der Waals surface area contributed by atoms with Crippen molar-refractivity contribution in [2.75, 3.05) is 12.4 Å². The second-order valence-corrected chi connectivity index (χ2v) is 6.82. The molecule has 2 heterocycles. The number of alkyl halides is 3. The third kappa shape index (κ3) is 3.89. The van der Waals surface area contributed by atoms with Gasteiger partial charge in [-0.05, 0) is 30.3 Å². The van der Waals surface area contributed by atoms with Crippen LogP contribution in [0.2, 0.25) is 0 Å². The standard InChI is InChI=1S/C21H15F5N5/c1-31(14-5-3-13(22)4-6-14)19(7-10-29-31)30-18-11-15(20-27-8-2-9-28-20)16(12-17(18)23)21(24,25)26/h2-12,30H,1H3/q+1. The molecule has 1 aliphatic rings. The minimum absolute atomic E-state index is 0.190. The zero-order chi connectivity index (χ0) is 22.2. The molecule has 0 radical (unpaired) electrons. The maximum absolute atomic E-state index is 14.7. The van der Waals surface area contributed by atoms with Crippen molar-refractivity contribution >= 4 is 17.6 Å². The van der Waals surface area contributed by atoms with Gasteiger partial charge < -0.3 is 5.32 Å². The Morgan fingerprint density at radius 1 is 0.968 bits per heavy atom. The Bertz CT molecular complexity index is 1170. The summed E-state index contributed by atoms with van der Waals surface area (Å²) in [6.07, 6.45) is 0.819. The Labute approximate surface area is 173 Å². The van der Waals surface area contributed by atoms with Gasteiger partial charge in [0.1, 0.15) is 18.7 Å². The van der Waals surface area contributed by atoms with Crippen LogP contribution >= 0.6 is 0 Å². The first kappa shape index (κ1) is 20.6. The molecule has 0 amide bonds. The largest absolute Gasteiger partial charge is 0.417 e. The van der Waals surface area contributed by atoms with Gasteiger partial charge in [-0.2, -0.15) is 13.2 Å². The molecule has 1 aromatic heterocycles. The summed E-state index contributed by atoms with van der Waals surface area (Å²) in [5.74, 6) is -1.38. The predicted molar refractivity (Wildman–Crippen MR) is 107 cm³/mol. The summed E-state index contributed by atoms with van der Waals surface area (Å²) in [4.78, 5) is 7.74. The molecule has 158 valence electrons. The van der Waals surface area contributed by atoms with E-state index in [1.54, 1.807) is 13.1 Å². The molecule has 1 atom stereocenters. The van der Waals surface area contributed by atoms with Gasteiger partial charge in [0.25, 0.3) is 0 Å². The van der Waals surface area contributed by atoms with Gasteiger partial charge in [-0.15, -0.1) is 4.59 Å². The quantitative estimate of drug-likeness (QED) is 0.448. The van der Waals surface area contributed by atoms with Crippen LogP contribution in [0.1, 0.15) is 5.56 Å². The minimum atomic E-state index is -4.80. The Morgan fingerprint density at radius 3 is 2.29 bits per heavy atom. The molecule has 5 nitrogen and oxygen atoms in total. The molecule has 0 spiro atoms. The molecule has 3 aromatic rings. The van der Waals surface area contributed by atoms with Crippen molar-refractivity contribution in [1.82, 2.24) is 14.6 Å². The van der Waals surface area contributed by atoms with Crippen LogP contribution in [0.25, 0.3) is 11.4 Å². The lowest BCUT2D eigenvalue weighted by molar-refractivity contribution is -0.137. The van der Waals surface area contributed by atoms with Gasteiger partial charge in [-0.25, -0.2) is 18.7 Å². The van der Waals surface area contributed by atoms with Crippen LogP contribution in [-0.4, -0.2) is 23.2 Å². The molecule has 0 saturated heterocycles. The smallest absolute Gasteiger partial charge is 0.306 e. The van der Waals surface area contributed by atoms with Crippen molar-refractivity contribution in [3.05, 3.63) is 84.0 Å². The summed E-state index contributed by atoms with van der Waals surface area (Å²) in [7, 11) is 1.67. The third-order valence-corrected chi connectivity index (χ3v) is 4.81. The van der Waals surface area contributed by atoms with E-state index in [0.717, 1.165) is 6.07 Å². The lowest BCUT2D eigenvalue weighted by Crippen LogP contribution is -2.39. The van der Waals surface area contributed by atoms with Crippen molar-refractivity contribution in [1.29, 1.82) is 0 Å². The van der Waals surface area contributed by atoms with Gasteiger partial charge in [0.2, 0.25) is 5.82 Å². The van der Waals surface area contributed by atoms with Gasteiger partial charge in [0.05, 0.1) is 17.5 Å². The van der Waals surface area contributed by atoms with E-state index in [-0.39, 0.29) is 21.7 Å². The molecule has 0 bridgehead atoms. The van der Waals surface area contributed by atoms with Crippen molar-refractivity contribution in [2.45, 2.75) is 6.18 Å². The molecule has 2 aromatic carbocycles. The van der Waals surface area contributed by atoms with Gasteiger partial charge >= 0.3 is 6.18 Å². The second kappa shape index (κ2) is 7.55. The summed E-state index contributed by atoms with van der Waals surface area (Å²) in [6, 6.07) is 8.43. The number of hydrogen-bond acceptors (Lipinski definition) is 4. The van der Waals surface area contributed by atoms with Gasteiger partial charge in [-0.1, -0.05) is 5.10 Å². The van der Waals surface area contributed by atoms with E-state index in [1.807, 2.05) is 0 Å². The fourth-order valence-electron chi connectivity index (χ4n) is 3.20. The Kier molecular flexibility index (Phi) is 5.02. The highest BCUT2D eigenvalue weighted by atomic mass is 19.4. The number of rotatable bonds is 4. The molecule has 1 unspecified atom stereocenters. The number of quaternary nitrogens is 1. The molecule has 31 heavy (non-hydrogen) atoms. The molecule has 0 aliphatic carbocycles. The van der Waals surface area contributed by atoms with E-state index in [1.165, 1.54) is 48.9 Å². The fourth-order valence-corrected chi connectivity index (χ4v) is 3.20. The van der Waals surface area contributed by atoms with Crippen molar-refractivity contribution in [2.24, 2.45) is 5.10 Å². The van der Waals surface area contributed by atoms with Crippen LogP contribution in [0.4, 0.5) is 33.3 Å². The first-order valence-electron chi connectivity index (χ1n) is 9.03. The van der Waals surface area contributed by atoms with Crippen molar-refractivity contribution in [3.63, 3.8) is 0 Å². The monoisotopic (exact) mass is 432 g/mol. The Morgan fingerprint density at radius 2 is 1.65 bits per heavy atom. The highest BCUT2D eigenvalue weighted by Gasteiger charge is 2.38. The Balaban J connectivity index is 1.76. The predicted octanol–water partition coefficient (Wildman–Crippen LogP) is 5.33. The molecule has 10 heteroatoms. The summed E-state index contributed by atoms with van der Waals surface area (Å²) >= 11 is 0. The number of nitrogens with one attached hydrogen (secondary N) is 1. The highest BCUT2D eigenvalue weighted by Crippen LogP contribution is 2.39. The van der Waals surface area contributed by atoms with E-state index in [4.69, 9.17) is 0 Å². The number of aromatic nitrogens is 2. The zero-order valence-electron chi connectivity index (χ0n) is 16.0. The molecule has 1 N–H and O–H groups in total. The number of allylic oxidation sites excluding steroid dienone is 1. The van der Waals surface area contributed by atoms with Crippen molar-refractivity contribution < 1.29 is 22.0 Å². The van der Waals surface area contributed by atoms with E-state index in [9.17, 15) is 22.0 Å². The van der Waals surface area contributed by atoms with Crippen LogP contribution in [0.15, 0.2) is 71.9 Å². The van der Waals surface area contributed by atoms with Crippen LogP contribution in [0, 0.1) is 11.6 Å². The molecule has 4 rings (SSSR count). The maximum atomic E-state index is 14.7. The first-order chi connectivity index (χ1) is 14.7. The minimum Gasteiger partial charge on any atom is -0.306 e. The average molecular weight is 432 g/mol. The third-order valence-electron chi connectivity index (χ3n) is 4.81. The summed E-state index contributed by atoms with van der Waals surface area (Å²) in [5, 5.41) is 7.14. The topological polar surface area (TPSA) is 50.2 Å².